The van der Waals surface area contributed by atoms with Crippen LogP contribution in [0.3, 0.4) is 0 Å². The third kappa shape index (κ3) is 10.6. The number of nitrogens with zero attached hydrogens (tertiary/aromatic N) is 2. The highest BCUT2D eigenvalue weighted by Crippen LogP contribution is 2.17. The lowest BCUT2D eigenvalue weighted by Crippen LogP contribution is -2.41. The van der Waals surface area contributed by atoms with E-state index in [2.05, 4.69) is 15.6 Å². The van der Waals surface area contributed by atoms with Crippen molar-refractivity contribution in [3.8, 4) is 0 Å². The number of rotatable bonds is 7. The minimum absolute atomic E-state index is 0. The molecule has 0 fully saturated rings. The Balaban J connectivity index is 0.00000529. The van der Waals surface area contributed by atoms with Crippen LogP contribution in [-0.2, 0) is 6.54 Å². The molecule has 0 aliphatic carbocycles. The summed E-state index contributed by atoms with van der Waals surface area (Å²) >= 11 is 0. The molecule has 2 N–H and O–H groups in total. The molecule has 1 aromatic carbocycles. The summed E-state index contributed by atoms with van der Waals surface area (Å²) in [7, 11) is 3.41. The average Bonchev–Trinajstić information content (AvgIpc) is 2.47. The van der Waals surface area contributed by atoms with E-state index in [0.29, 0.717) is 25.6 Å². The van der Waals surface area contributed by atoms with Gasteiger partial charge in [0.25, 0.3) is 0 Å². The zero-order chi connectivity index (χ0) is 17.3. The third-order valence-electron chi connectivity index (χ3n) is 3.08. The maximum atomic E-state index is 12.8. The fourth-order valence-electron chi connectivity index (χ4n) is 1.89. The molecule has 0 spiro atoms. The molecule has 0 aliphatic rings. The van der Waals surface area contributed by atoms with Crippen LogP contribution >= 0.6 is 24.0 Å². The highest BCUT2D eigenvalue weighted by molar-refractivity contribution is 14.0. The Bertz CT molecular complexity index is 491. The van der Waals surface area contributed by atoms with Gasteiger partial charge < -0.3 is 15.5 Å². The van der Waals surface area contributed by atoms with E-state index in [9.17, 15) is 17.6 Å². The van der Waals surface area contributed by atoms with E-state index in [4.69, 9.17) is 0 Å². The number of likely N-dealkylation sites (N-methyl/N-ethyl adjacent to an activating group) is 1. The number of alkyl halides is 3. The molecule has 24 heavy (non-hydrogen) atoms. The first kappa shape index (κ1) is 22.9. The Morgan fingerprint density at radius 1 is 1.12 bits per heavy atom. The second-order valence-electron chi connectivity index (χ2n) is 5.16. The lowest BCUT2D eigenvalue weighted by atomic mass is 10.2. The van der Waals surface area contributed by atoms with Crippen molar-refractivity contribution < 1.29 is 17.6 Å². The summed E-state index contributed by atoms with van der Waals surface area (Å²) in [5, 5.41) is 5.57. The molecule has 138 valence electrons. The van der Waals surface area contributed by atoms with Gasteiger partial charge in [-0.2, -0.15) is 13.2 Å². The monoisotopic (exact) mass is 462 g/mol. The Morgan fingerprint density at radius 3 is 2.25 bits per heavy atom. The second kappa shape index (κ2) is 11.5. The molecule has 0 radical (unpaired) electrons. The van der Waals surface area contributed by atoms with Gasteiger partial charge in [0.2, 0.25) is 0 Å². The van der Waals surface area contributed by atoms with E-state index in [0.717, 1.165) is 5.56 Å². The Morgan fingerprint density at radius 2 is 1.71 bits per heavy atom. The summed E-state index contributed by atoms with van der Waals surface area (Å²) in [6.45, 7) is 1.64. The molecule has 0 bridgehead atoms. The normalized spacial score (nSPS) is 12.0. The number of benzene rings is 1. The van der Waals surface area contributed by atoms with E-state index in [-0.39, 0.29) is 36.3 Å². The summed E-state index contributed by atoms with van der Waals surface area (Å²) in [5.74, 6) is 0.0660. The standard InChI is InChI=1S/C15H22F4N4.HI/c1-20-14(21-8-7-15(17,18)19)22-9-10-23(2)11-12-3-5-13(16)6-4-12;/h3-6H,7-11H2,1-2H3,(H2,20,21,22);1H. The van der Waals surface area contributed by atoms with Crippen LogP contribution in [0.1, 0.15) is 12.0 Å². The van der Waals surface area contributed by atoms with E-state index >= 15 is 0 Å². The van der Waals surface area contributed by atoms with Crippen LogP contribution in [0.4, 0.5) is 17.6 Å². The zero-order valence-corrected chi connectivity index (χ0v) is 16.0. The molecule has 4 nitrogen and oxygen atoms in total. The van der Waals surface area contributed by atoms with Crippen LogP contribution in [0.15, 0.2) is 29.3 Å². The molecule has 0 saturated heterocycles. The molecule has 0 atom stereocenters. The van der Waals surface area contributed by atoms with Gasteiger partial charge in [-0.25, -0.2) is 4.39 Å². The Labute approximate surface area is 156 Å². The number of aliphatic imine (C=N–C) groups is 1. The van der Waals surface area contributed by atoms with Crippen molar-refractivity contribution in [3.05, 3.63) is 35.6 Å². The van der Waals surface area contributed by atoms with E-state index in [1.54, 1.807) is 12.1 Å². The van der Waals surface area contributed by atoms with Crippen molar-refractivity contribution >= 4 is 29.9 Å². The van der Waals surface area contributed by atoms with Crippen molar-refractivity contribution in [1.82, 2.24) is 15.5 Å². The topological polar surface area (TPSA) is 39.7 Å². The van der Waals surface area contributed by atoms with E-state index in [1.165, 1.54) is 19.2 Å². The molecule has 0 aliphatic heterocycles. The molecule has 0 saturated carbocycles. The molecule has 0 aromatic heterocycles. The van der Waals surface area contributed by atoms with Gasteiger partial charge in [0.1, 0.15) is 5.82 Å². The minimum Gasteiger partial charge on any atom is -0.356 e. The number of hydrogen-bond acceptors (Lipinski definition) is 2. The average molecular weight is 462 g/mol. The van der Waals surface area contributed by atoms with Crippen LogP contribution in [0.2, 0.25) is 0 Å². The lowest BCUT2D eigenvalue weighted by Gasteiger charge is -2.18. The maximum absolute atomic E-state index is 12.8. The smallest absolute Gasteiger partial charge is 0.356 e. The quantitative estimate of drug-likeness (QED) is 0.284. The van der Waals surface area contributed by atoms with Gasteiger partial charge in [-0.1, -0.05) is 12.1 Å². The molecule has 0 heterocycles. The molecule has 0 unspecified atom stereocenters. The summed E-state index contributed by atoms with van der Waals surface area (Å²) < 4.78 is 49.0. The van der Waals surface area contributed by atoms with Crippen LogP contribution in [-0.4, -0.2) is 50.8 Å². The highest BCUT2D eigenvalue weighted by atomic mass is 127. The Hall–Kier alpha value is -1.10. The summed E-state index contributed by atoms with van der Waals surface area (Å²) in [6.07, 6.45) is -5.08. The van der Waals surface area contributed by atoms with Crippen molar-refractivity contribution in [3.63, 3.8) is 0 Å². The number of halogens is 5. The second-order valence-corrected chi connectivity index (χ2v) is 5.16. The van der Waals surface area contributed by atoms with Crippen LogP contribution in [0.25, 0.3) is 0 Å². The molecule has 1 rings (SSSR count). The van der Waals surface area contributed by atoms with Crippen LogP contribution in [0, 0.1) is 5.82 Å². The first-order chi connectivity index (χ1) is 10.8. The predicted octanol–water partition coefficient (Wildman–Crippen LogP) is 2.99. The summed E-state index contributed by atoms with van der Waals surface area (Å²) in [5.41, 5.74) is 0.988. The molecule has 1 aromatic rings. The van der Waals surface area contributed by atoms with Gasteiger partial charge >= 0.3 is 6.18 Å². The summed E-state index contributed by atoms with van der Waals surface area (Å²) in [4.78, 5) is 5.88. The first-order valence-electron chi connectivity index (χ1n) is 7.24. The van der Waals surface area contributed by atoms with Crippen molar-refractivity contribution in [2.45, 2.75) is 19.1 Å². The molecule has 0 amide bonds. The zero-order valence-electron chi connectivity index (χ0n) is 13.7. The molecule has 9 heteroatoms. The SMILES string of the molecule is CN=C(NCCN(C)Cc1ccc(F)cc1)NCCC(F)(F)F.I. The van der Waals surface area contributed by atoms with Crippen molar-refractivity contribution in [2.24, 2.45) is 4.99 Å². The van der Waals surface area contributed by atoms with Gasteiger partial charge in [-0.15, -0.1) is 24.0 Å². The number of nitrogens with one attached hydrogen (secondary N) is 2. The Kier molecular flexibility index (Phi) is 10.9. The van der Waals surface area contributed by atoms with Crippen LogP contribution in [0.5, 0.6) is 0 Å². The third-order valence-corrected chi connectivity index (χ3v) is 3.08. The minimum atomic E-state index is -4.18. The summed E-state index contributed by atoms with van der Waals surface area (Å²) in [6, 6.07) is 6.26. The number of hydrogen-bond donors (Lipinski definition) is 2. The number of guanidine groups is 1. The van der Waals surface area contributed by atoms with Gasteiger partial charge in [0.05, 0.1) is 6.42 Å². The largest absolute Gasteiger partial charge is 0.390 e. The van der Waals surface area contributed by atoms with Crippen molar-refractivity contribution in [1.29, 1.82) is 0 Å². The highest BCUT2D eigenvalue weighted by Gasteiger charge is 2.26. The van der Waals surface area contributed by atoms with Gasteiger partial charge in [0, 0.05) is 33.2 Å². The fraction of sp³-hybridized carbons (Fsp3) is 0.533. The van der Waals surface area contributed by atoms with Gasteiger partial charge in [0.15, 0.2) is 5.96 Å². The van der Waals surface area contributed by atoms with E-state index < -0.39 is 12.6 Å². The van der Waals surface area contributed by atoms with Gasteiger partial charge in [-0.3, -0.25) is 4.99 Å². The van der Waals surface area contributed by atoms with Crippen LogP contribution < -0.4 is 10.6 Å². The lowest BCUT2D eigenvalue weighted by molar-refractivity contribution is -0.132. The molecular formula is C15H23F4IN4. The first-order valence-corrected chi connectivity index (χ1v) is 7.24. The molecular weight excluding hydrogens is 439 g/mol. The van der Waals surface area contributed by atoms with Crippen molar-refractivity contribution in [2.75, 3.05) is 33.7 Å². The van der Waals surface area contributed by atoms with E-state index in [1.807, 2.05) is 11.9 Å². The maximum Gasteiger partial charge on any atom is 0.390 e. The predicted molar refractivity (Wildman–Crippen MR) is 98.2 cm³/mol. The van der Waals surface area contributed by atoms with Gasteiger partial charge in [-0.05, 0) is 24.7 Å². The fourth-order valence-corrected chi connectivity index (χ4v) is 1.89.